The summed E-state index contributed by atoms with van der Waals surface area (Å²) in [5.41, 5.74) is 0.867. The molecule has 0 atom stereocenters. The number of ether oxygens (including phenoxy) is 1. The molecule has 0 fully saturated rings. The van der Waals surface area contributed by atoms with Gasteiger partial charge < -0.3 is 9.64 Å². The third-order valence-electron chi connectivity index (χ3n) is 1.77. The Morgan fingerprint density at radius 3 is 2.86 bits per heavy atom. The number of hydrogen-bond donors (Lipinski definition) is 0. The van der Waals surface area contributed by atoms with Crippen molar-refractivity contribution in [2.45, 2.75) is 6.92 Å². The van der Waals surface area contributed by atoms with E-state index in [-0.39, 0.29) is 12.5 Å². The largest absolute Gasteiger partial charge is 0.468 e. The standard InChI is InChI=1S/C9H13N3O2/c1-7-4-8(11-6-10-7)12(2)5-9(13)14-3/h4,6H,5H2,1-3H3. The lowest BCUT2D eigenvalue weighted by molar-refractivity contribution is -0.138. The molecule has 0 unspecified atom stereocenters. The summed E-state index contributed by atoms with van der Waals surface area (Å²) in [6.07, 6.45) is 1.47. The maximum atomic E-state index is 11.0. The van der Waals surface area contributed by atoms with Crippen molar-refractivity contribution in [3.63, 3.8) is 0 Å². The van der Waals surface area contributed by atoms with Gasteiger partial charge in [-0.15, -0.1) is 0 Å². The number of esters is 1. The number of likely N-dealkylation sites (N-methyl/N-ethyl adjacent to an activating group) is 1. The first-order valence-electron chi connectivity index (χ1n) is 4.20. The van der Waals surface area contributed by atoms with E-state index in [0.29, 0.717) is 5.82 Å². The fourth-order valence-corrected chi connectivity index (χ4v) is 0.988. The molecule has 0 saturated heterocycles. The van der Waals surface area contributed by atoms with E-state index in [1.807, 2.05) is 13.0 Å². The molecule has 0 aliphatic heterocycles. The molecule has 0 aliphatic carbocycles. The number of nitrogens with zero attached hydrogens (tertiary/aromatic N) is 3. The molecule has 1 aromatic heterocycles. The first-order valence-corrected chi connectivity index (χ1v) is 4.20. The van der Waals surface area contributed by atoms with Crippen LogP contribution in [0.4, 0.5) is 5.82 Å². The molecule has 1 heterocycles. The average Bonchev–Trinajstić information content (AvgIpc) is 2.17. The Labute approximate surface area is 82.7 Å². The maximum Gasteiger partial charge on any atom is 0.325 e. The molecule has 0 radical (unpaired) electrons. The lowest BCUT2D eigenvalue weighted by Crippen LogP contribution is -2.27. The summed E-state index contributed by atoms with van der Waals surface area (Å²) in [4.78, 5) is 20.7. The molecular weight excluding hydrogens is 182 g/mol. The molecule has 0 amide bonds. The number of carbonyl (C=O) groups is 1. The van der Waals surface area contributed by atoms with Crippen LogP contribution >= 0.6 is 0 Å². The molecule has 0 saturated carbocycles. The summed E-state index contributed by atoms with van der Waals surface area (Å²) in [6.45, 7) is 2.06. The molecule has 0 aliphatic rings. The number of aromatic nitrogens is 2. The lowest BCUT2D eigenvalue weighted by atomic mass is 10.4. The van der Waals surface area contributed by atoms with Gasteiger partial charge in [-0.1, -0.05) is 0 Å². The van der Waals surface area contributed by atoms with Crippen molar-refractivity contribution in [2.75, 3.05) is 25.6 Å². The smallest absolute Gasteiger partial charge is 0.325 e. The van der Waals surface area contributed by atoms with E-state index < -0.39 is 0 Å². The van der Waals surface area contributed by atoms with Crippen molar-refractivity contribution in [2.24, 2.45) is 0 Å². The Morgan fingerprint density at radius 1 is 1.57 bits per heavy atom. The van der Waals surface area contributed by atoms with Gasteiger partial charge in [0.15, 0.2) is 0 Å². The fourth-order valence-electron chi connectivity index (χ4n) is 0.988. The highest BCUT2D eigenvalue weighted by Crippen LogP contribution is 2.07. The zero-order chi connectivity index (χ0) is 10.6. The van der Waals surface area contributed by atoms with Crippen LogP contribution in [0, 0.1) is 6.92 Å². The Bertz CT molecular complexity index is 328. The molecule has 0 aromatic carbocycles. The maximum absolute atomic E-state index is 11.0. The Morgan fingerprint density at radius 2 is 2.29 bits per heavy atom. The Kier molecular flexibility index (Phi) is 3.39. The molecule has 5 heteroatoms. The quantitative estimate of drug-likeness (QED) is 0.653. The van der Waals surface area contributed by atoms with Crippen LogP contribution in [-0.2, 0) is 9.53 Å². The average molecular weight is 195 g/mol. The van der Waals surface area contributed by atoms with Crippen LogP contribution in [-0.4, -0.2) is 36.6 Å². The van der Waals surface area contributed by atoms with Gasteiger partial charge >= 0.3 is 5.97 Å². The summed E-state index contributed by atoms with van der Waals surface area (Å²) in [5.74, 6) is 0.423. The third-order valence-corrected chi connectivity index (χ3v) is 1.77. The van der Waals surface area contributed by atoms with Crippen LogP contribution in [0.25, 0.3) is 0 Å². The second-order valence-corrected chi connectivity index (χ2v) is 2.95. The highest BCUT2D eigenvalue weighted by atomic mass is 16.5. The van der Waals surface area contributed by atoms with Gasteiger partial charge in [0, 0.05) is 18.8 Å². The summed E-state index contributed by atoms with van der Waals surface area (Å²) in [7, 11) is 3.14. The van der Waals surface area contributed by atoms with Crippen LogP contribution < -0.4 is 4.90 Å². The molecule has 0 spiro atoms. The van der Waals surface area contributed by atoms with Crippen molar-refractivity contribution < 1.29 is 9.53 Å². The minimum atomic E-state index is -0.288. The van der Waals surface area contributed by atoms with Crippen molar-refractivity contribution in [1.82, 2.24) is 9.97 Å². The van der Waals surface area contributed by atoms with Crippen LogP contribution in [0.1, 0.15) is 5.69 Å². The van der Waals surface area contributed by atoms with Gasteiger partial charge in [0.1, 0.15) is 18.7 Å². The minimum absolute atomic E-state index is 0.187. The molecule has 0 bridgehead atoms. The fraction of sp³-hybridized carbons (Fsp3) is 0.444. The van der Waals surface area contributed by atoms with E-state index >= 15 is 0 Å². The summed E-state index contributed by atoms with van der Waals surface area (Å²) in [5, 5.41) is 0. The molecule has 14 heavy (non-hydrogen) atoms. The van der Waals surface area contributed by atoms with Crippen LogP contribution in [0.15, 0.2) is 12.4 Å². The molecule has 5 nitrogen and oxygen atoms in total. The van der Waals surface area contributed by atoms with Gasteiger partial charge in [-0.2, -0.15) is 0 Å². The highest BCUT2D eigenvalue weighted by Gasteiger charge is 2.08. The summed E-state index contributed by atoms with van der Waals surface area (Å²) in [6, 6.07) is 1.81. The highest BCUT2D eigenvalue weighted by molar-refractivity contribution is 5.74. The van der Waals surface area contributed by atoms with E-state index in [1.54, 1.807) is 11.9 Å². The summed E-state index contributed by atoms with van der Waals surface area (Å²) < 4.78 is 4.55. The van der Waals surface area contributed by atoms with Crippen LogP contribution in [0.3, 0.4) is 0 Å². The van der Waals surface area contributed by atoms with E-state index in [0.717, 1.165) is 5.69 Å². The minimum Gasteiger partial charge on any atom is -0.468 e. The number of carbonyl (C=O) groups excluding carboxylic acids is 1. The van der Waals surface area contributed by atoms with Gasteiger partial charge in [-0.25, -0.2) is 9.97 Å². The van der Waals surface area contributed by atoms with Gasteiger partial charge in [-0.3, -0.25) is 4.79 Å². The molecule has 1 aromatic rings. The van der Waals surface area contributed by atoms with E-state index in [9.17, 15) is 4.79 Å². The summed E-state index contributed by atoms with van der Waals surface area (Å²) >= 11 is 0. The first kappa shape index (κ1) is 10.4. The van der Waals surface area contributed by atoms with E-state index in [4.69, 9.17) is 0 Å². The van der Waals surface area contributed by atoms with Gasteiger partial charge in [0.05, 0.1) is 7.11 Å². The van der Waals surface area contributed by atoms with Crippen molar-refractivity contribution in [3.05, 3.63) is 18.1 Å². The van der Waals surface area contributed by atoms with E-state index in [1.165, 1.54) is 13.4 Å². The second kappa shape index (κ2) is 4.55. The number of anilines is 1. The van der Waals surface area contributed by atoms with Gasteiger partial charge in [-0.05, 0) is 6.92 Å². The van der Waals surface area contributed by atoms with Gasteiger partial charge in [0.25, 0.3) is 0 Å². The van der Waals surface area contributed by atoms with Crippen molar-refractivity contribution in [3.8, 4) is 0 Å². The topological polar surface area (TPSA) is 55.3 Å². The Hall–Kier alpha value is -1.65. The molecule has 76 valence electrons. The first-order chi connectivity index (χ1) is 6.63. The van der Waals surface area contributed by atoms with Gasteiger partial charge in [0.2, 0.25) is 0 Å². The van der Waals surface area contributed by atoms with Crippen LogP contribution in [0.2, 0.25) is 0 Å². The molecule has 0 N–H and O–H groups in total. The number of rotatable bonds is 3. The van der Waals surface area contributed by atoms with Crippen LogP contribution in [0.5, 0.6) is 0 Å². The Balaban J connectivity index is 2.69. The third kappa shape index (κ3) is 2.69. The predicted molar refractivity (Wildman–Crippen MR) is 52.1 cm³/mol. The SMILES string of the molecule is COC(=O)CN(C)c1cc(C)ncn1. The number of hydrogen-bond acceptors (Lipinski definition) is 5. The molecule has 1 rings (SSSR count). The predicted octanol–water partition coefficient (Wildman–Crippen LogP) is 0.394. The monoisotopic (exact) mass is 195 g/mol. The normalized spacial score (nSPS) is 9.64. The zero-order valence-electron chi connectivity index (χ0n) is 8.52. The number of aryl methyl sites for hydroxylation is 1. The number of methoxy groups -OCH3 is 1. The van der Waals surface area contributed by atoms with E-state index in [2.05, 4.69) is 14.7 Å². The lowest BCUT2D eigenvalue weighted by Gasteiger charge is -2.16. The molecular formula is C9H13N3O2. The second-order valence-electron chi connectivity index (χ2n) is 2.95. The van der Waals surface area contributed by atoms with Crippen molar-refractivity contribution in [1.29, 1.82) is 0 Å². The zero-order valence-corrected chi connectivity index (χ0v) is 8.52. The van der Waals surface area contributed by atoms with Crippen molar-refractivity contribution >= 4 is 11.8 Å².